The van der Waals surface area contributed by atoms with Crippen LogP contribution < -0.4 is 5.43 Å². The number of carbonyl (C=O) groups excluding carboxylic acids is 1. The van der Waals surface area contributed by atoms with E-state index in [0.717, 1.165) is 10.1 Å². The van der Waals surface area contributed by atoms with Gasteiger partial charge in [-0.25, -0.2) is 9.82 Å². The van der Waals surface area contributed by atoms with Gasteiger partial charge in [-0.1, -0.05) is 82.9 Å². The zero-order chi connectivity index (χ0) is 19.8. The number of thioether (sulfide) groups is 2. The number of nitrogens with zero attached hydrogens (tertiary/aromatic N) is 3. The number of benzene rings is 2. The first kappa shape index (κ1) is 20.8. The summed E-state index contributed by atoms with van der Waals surface area (Å²) in [5.41, 5.74) is 3.68. The van der Waals surface area contributed by atoms with E-state index in [1.54, 1.807) is 17.8 Å². The standard InChI is InChI=1S/C18H14ClFN4OS3/c19-14-7-4-8-15(20)13(14)9-21-22-16(25)11-27-18-24-23-17(28-18)26-10-12-5-2-1-3-6-12/h1-9H,10-11H2,(H,22,25)/b21-9-. The Morgan fingerprint density at radius 1 is 1.14 bits per heavy atom. The fourth-order valence-corrected chi connectivity index (χ4v) is 4.98. The Morgan fingerprint density at radius 2 is 1.89 bits per heavy atom. The molecule has 144 valence electrons. The van der Waals surface area contributed by atoms with Crippen molar-refractivity contribution in [3.05, 3.63) is 70.5 Å². The molecule has 28 heavy (non-hydrogen) atoms. The smallest absolute Gasteiger partial charge is 0.250 e. The number of halogens is 2. The van der Waals surface area contributed by atoms with Crippen LogP contribution in [0.5, 0.6) is 0 Å². The topological polar surface area (TPSA) is 67.2 Å². The van der Waals surface area contributed by atoms with Crippen LogP contribution in [0.25, 0.3) is 0 Å². The summed E-state index contributed by atoms with van der Waals surface area (Å²) in [6.45, 7) is 0. The molecular weight excluding hydrogens is 439 g/mol. The molecule has 0 aliphatic rings. The molecule has 1 aromatic heterocycles. The molecule has 3 aromatic rings. The highest BCUT2D eigenvalue weighted by molar-refractivity contribution is 8.03. The maximum atomic E-state index is 13.6. The molecule has 3 rings (SSSR count). The van der Waals surface area contributed by atoms with Crippen LogP contribution in [0.15, 0.2) is 62.3 Å². The highest BCUT2D eigenvalue weighted by Crippen LogP contribution is 2.30. The number of rotatable bonds is 8. The van der Waals surface area contributed by atoms with Gasteiger partial charge in [0.15, 0.2) is 8.68 Å². The van der Waals surface area contributed by atoms with Gasteiger partial charge in [0.1, 0.15) is 5.82 Å². The summed E-state index contributed by atoms with van der Waals surface area (Å²) >= 11 is 10.2. The molecule has 0 bridgehead atoms. The molecule has 2 aromatic carbocycles. The third-order valence-electron chi connectivity index (χ3n) is 3.30. The third kappa shape index (κ3) is 6.30. The van der Waals surface area contributed by atoms with Crippen molar-refractivity contribution in [1.82, 2.24) is 15.6 Å². The molecule has 0 aliphatic carbocycles. The third-order valence-corrected chi connectivity index (χ3v) is 6.89. The predicted molar refractivity (Wildman–Crippen MR) is 114 cm³/mol. The molecule has 0 radical (unpaired) electrons. The van der Waals surface area contributed by atoms with Gasteiger partial charge < -0.3 is 0 Å². The predicted octanol–water partition coefficient (Wildman–Crippen LogP) is 4.87. The maximum Gasteiger partial charge on any atom is 0.250 e. The van der Waals surface area contributed by atoms with Gasteiger partial charge in [0.25, 0.3) is 5.91 Å². The molecule has 10 heteroatoms. The SMILES string of the molecule is O=C(CSc1nnc(SCc2ccccc2)s1)N/N=C\c1c(F)cccc1Cl. The number of nitrogens with one attached hydrogen (secondary N) is 1. The molecule has 5 nitrogen and oxygen atoms in total. The Balaban J connectivity index is 1.43. The van der Waals surface area contributed by atoms with Crippen LogP contribution in [-0.2, 0) is 10.5 Å². The van der Waals surface area contributed by atoms with Crippen molar-refractivity contribution in [1.29, 1.82) is 0 Å². The molecule has 0 spiro atoms. The minimum Gasteiger partial charge on any atom is -0.272 e. The van der Waals surface area contributed by atoms with Crippen LogP contribution in [0.1, 0.15) is 11.1 Å². The highest BCUT2D eigenvalue weighted by atomic mass is 35.5. The van der Waals surface area contributed by atoms with Crippen LogP contribution >= 0.6 is 46.5 Å². The van der Waals surface area contributed by atoms with E-state index < -0.39 is 5.82 Å². The van der Waals surface area contributed by atoms with Gasteiger partial charge in [0.2, 0.25) is 0 Å². The first-order valence-corrected chi connectivity index (χ1v) is 11.2. The number of hydrazone groups is 1. The summed E-state index contributed by atoms with van der Waals surface area (Å²) in [4.78, 5) is 11.9. The molecule has 1 N–H and O–H groups in total. The Bertz CT molecular complexity index is 948. The minimum absolute atomic E-state index is 0.125. The number of aromatic nitrogens is 2. The fraction of sp³-hybridized carbons (Fsp3) is 0.111. The summed E-state index contributed by atoms with van der Waals surface area (Å²) < 4.78 is 15.2. The minimum atomic E-state index is -0.505. The van der Waals surface area contributed by atoms with E-state index in [2.05, 4.69) is 32.9 Å². The summed E-state index contributed by atoms with van der Waals surface area (Å²) in [6.07, 6.45) is 1.18. The van der Waals surface area contributed by atoms with E-state index in [0.29, 0.717) is 4.34 Å². The van der Waals surface area contributed by atoms with Gasteiger partial charge in [0, 0.05) is 11.3 Å². The van der Waals surface area contributed by atoms with Crippen LogP contribution in [0.3, 0.4) is 0 Å². The van der Waals surface area contributed by atoms with Gasteiger partial charge in [-0.2, -0.15) is 5.10 Å². The second-order valence-corrected chi connectivity index (χ2v) is 9.15. The first-order chi connectivity index (χ1) is 13.6. The number of carbonyl (C=O) groups is 1. The van der Waals surface area contributed by atoms with Crippen molar-refractivity contribution in [3.63, 3.8) is 0 Å². The van der Waals surface area contributed by atoms with Crippen molar-refractivity contribution >= 4 is 58.6 Å². The van der Waals surface area contributed by atoms with E-state index in [-0.39, 0.29) is 22.2 Å². The lowest BCUT2D eigenvalue weighted by Crippen LogP contribution is -2.19. The van der Waals surface area contributed by atoms with E-state index in [1.165, 1.54) is 47.0 Å². The quantitative estimate of drug-likeness (QED) is 0.300. The van der Waals surface area contributed by atoms with Crippen molar-refractivity contribution < 1.29 is 9.18 Å². The molecule has 0 atom stereocenters. The van der Waals surface area contributed by atoms with E-state index in [9.17, 15) is 9.18 Å². The normalized spacial score (nSPS) is 11.1. The number of hydrogen-bond acceptors (Lipinski definition) is 7. The van der Waals surface area contributed by atoms with E-state index >= 15 is 0 Å². The second-order valence-electron chi connectivity index (χ2n) is 5.33. The Labute approximate surface area is 178 Å². The molecular formula is C18H14ClFN4OS3. The maximum absolute atomic E-state index is 13.6. The van der Waals surface area contributed by atoms with E-state index in [4.69, 9.17) is 11.6 Å². The first-order valence-electron chi connectivity index (χ1n) is 8.01. The van der Waals surface area contributed by atoms with Gasteiger partial charge in [-0.15, -0.1) is 10.2 Å². The zero-order valence-corrected chi connectivity index (χ0v) is 17.5. The summed E-state index contributed by atoms with van der Waals surface area (Å²) in [6, 6.07) is 14.4. The molecule has 0 aliphatic heterocycles. The Morgan fingerprint density at radius 3 is 2.64 bits per heavy atom. The zero-order valence-electron chi connectivity index (χ0n) is 14.3. The van der Waals surface area contributed by atoms with Crippen molar-refractivity contribution in [2.24, 2.45) is 5.10 Å². The highest BCUT2D eigenvalue weighted by Gasteiger charge is 2.09. The lowest BCUT2D eigenvalue weighted by Gasteiger charge is -2.00. The second kappa shape index (κ2) is 10.6. The van der Waals surface area contributed by atoms with Crippen LogP contribution in [-0.4, -0.2) is 28.1 Å². The van der Waals surface area contributed by atoms with Crippen LogP contribution in [0, 0.1) is 5.82 Å². The molecule has 0 saturated carbocycles. The summed E-state index contributed by atoms with van der Waals surface area (Å²) in [7, 11) is 0. The largest absolute Gasteiger partial charge is 0.272 e. The Hall–Kier alpha value is -1.94. The molecule has 0 unspecified atom stereocenters. The molecule has 1 heterocycles. The number of hydrogen-bond donors (Lipinski definition) is 1. The average molecular weight is 453 g/mol. The Kier molecular flexibility index (Phi) is 7.84. The number of amides is 1. The van der Waals surface area contributed by atoms with Crippen LogP contribution in [0.4, 0.5) is 4.39 Å². The fourth-order valence-electron chi connectivity index (χ4n) is 2.00. The molecule has 0 saturated heterocycles. The lowest BCUT2D eigenvalue weighted by atomic mass is 10.2. The van der Waals surface area contributed by atoms with Crippen molar-refractivity contribution in [3.8, 4) is 0 Å². The molecule has 1 amide bonds. The van der Waals surface area contributed by atoms with Crippen molar-refractivity contribution in [2.45, 2.75) is 14.4 Å². The monoisotopic (exact) mass is 452 g/mol. The van der Waals surface area contributed by atoms with Gasteiger partial charge >= 0.3 is 0 Å². The van der Waals surface area contributed by atoms with Crippen LogP contribution in [0.2, 0.25) is 5.02 Å². The van der Waals surface area contributed by atoms with Gasteiger partial charge in [-0.3, -0.25) is 4.79 Å². The summed E-state index contributed by atoms with van der Waals surface area (Å²) in [5, 5.41) is 12.2. The average Bonchev–Trinajstić information content (AvgIpc) is 3.16. The molecule has 0 fully saturated rings. The van der Waals surface area contributed by atoms with E-state index in [1.807, 2.05) is 18.2 Å². The lowest BCUT2D eigenvalue weighted by molar-refractivity contribution is -0.118. The van der Waals surface area contributed by atoms with Crippen molar-refractivity contribution in [2.75, 3.05) is 5.75 Å². The summed E-state index contributed by atoms with van der Waals surface area (Å²) in [5.74, 6) is 0.102. The van der Waals surface area contributed by atoms with Gasteiger partial charge in [0.05, 0.1) is 17.0 Å². The van der Waals surface area contributed by atoms with Gasteiger partial charge in [-0.05, 0) is 17.7 Å².